The molecule has 0 aliphatic carbocycles. The Hall–Kier alpha value is -2.06. The monoisotopic (exact) mass is 363 g/mol. The van der Waals surface area contributed by atoms with E-state index in [-0.39, 0.29) is 0 Å². The van der Waals surface area contributed by atoms with Crippen LogP contribution in [-0.2, 0) is 5.75 Å². The predicted octanol–water partition coefficient (Wildman–Crippen LogP) is 2.60. The zero-order chi connectivity index (χ0) is 17.3. The summed E-state index contributed by atoms with van der Waals surface area (Å²) in [5, 5.41) is 9.96. The van der Waals surface area contributed by atoms with E-state index in [0.29, 0.717) is 11.7 Å². The molecule has 24 heavy (non-hydrogen) atoms. The van der Waals surface area contributed by atoms with Gasteiger partial charge in [-0.15, -0.1) is 10.2 Å². The van der Waals surface area contributed by atoms with Crippen LogP contribution in [-0.4, -0.2) is 52.8 Å². The third-order valence-electron chi connectivity index (χ3n) is 3.30. The average molecular weight is 364 g/mol. The van der Waals surface area contributed by atoms with Crippen molar-refractivity contribution >= 4 is 41.0 Å². The zero-order valence-corrected chi connectivity index (χ0v) is 15.5. The number of benzene rings is 1. The second kappa shape index (κ2) is 6.82. The van der Waals surface area contributed by atoms with Gasteiger partial charge in [0.05, 0.1) is 0 Å². The maximum atomic E-state index is 5.93. The normalized spacial score (nSPS) is 11.0. The molecule has 0 aliphatic heterocycles. The van der Waals surface area contributed by atoms with Crippen molar-refractivity contribution in [2.45, 2.75) is 10.9 Å². The number of fused-ring (bicyclic) bond motifs is 1. The van der Waals surface area contributed by atoms with Crippen LogP contribution in [0.5, 0.6) is 0 Å². The second-order valence-corrected chi connectivity index (χ2v) is 7.02. The lowest BCUT2D eigenvalue weighted by Crippen LogP contribution is -2.20. The van der Waals surface area contributed by atoms with E-state index in [9.17, 15) is 0 Å². The summed E-state index contributed by atoms with van der Waals surface area (Å²) in [6.45, 7) is 0. The van der Waals surface area contributed by atoms with Crippen molar-refractivity contribution in [1.29, 1.82) is 0 Å². The van der Waals surface area contributed by atoms with E-state index < -0.39 is 0 Å². The van der Waals surface area contributed by atoms with Crippen LogP contribution < -0.4 is 9.80 Å². The van der Waals surface area contributed by atoms with Crippen LogP contribution >= 0.6 is 23.4 Å². The Labute approximate surface area is 149 Å². The Kier molecular flexibility index (Phi) is 4.77. The molecule has 1 aromatic carbocycles. The van der Waals surface area contributed by atoms with Crippen LogP contribution in [0.15, 0.2) is 29.4 Å². The van der Waals surface area contributed by atoms with Gasteiger partial charge in [0.15, 0.2) is 5.16 Å². The molecule has 0 N–H and O–H groups in total. The number of rotatable bonds is 5. The van der Waals surface area contributed by atoms with Crippen molar-refractivity contribution in [3.8, 4) is 0 Å². The molecule has 3 rings (SSSR count). The van der Waals surface area contributed by atoms with Crippen molar-refractivity contribution < 1.29 is 0 Å². The van der Waals surface area contributed by atoms with Crippen molar-refractivity contribution in [3.05, 3.63) is 34.9 Å². The standard InChI is InChI=1S/C15H18ClN7S/c1-21(2)12-17-13-19-20-15(23(13)14(18-12)22(3)4)24-9-10-5-7-11(16)8-6-10/h5-8H,9H2,1-4H3. The highest BCUT2D eigenvalue weighted by molar-refractivity contribution is 7.98. The summed E-state index contributed by atoms with van der Waals surface area (Å²) in [6.07, 6.45) is 0. The molecule has 9 heteroatoms. The van der Waals surface area contributed by atoms with E-state index >= 15 is 0 Å². The van der Waals surface area contributed by atoms with Crippen LogP contribution in [0.1, 0.15) is 5.56 Å². The van der Waals surface area contributed by atoms with Crippen LogP contribution in [0.4, 0.5) is 11.9 Å². The molecule has 0 amide bonds. The van der Waals surface area contributed by atoms with Crippen LogP contribution in [0.25, 0.3) is 5.78 Å². The van der Waals surface area contributed by atoms with Gasteiger partial charge >= 0.3 is 0 Å². The molecule has 2 aromatic heterocycles. The number of hydrogen-bond acceptors (Lipinski definition) is 7. The quantitative estimate of drug-likeness (QED) is 0.645. The number of nitrogens with zero attached hydrogens (tertiary/aromatic N) is 7. The number of halogens is 1. The number of thioether (sulfide) groups is 1. The third-order valence-corrected chi connectivity index (χ3v) is 4.55. The van der Waals surface area contributed by atoms with Gasteiger partial charge < -0.3 is 9.80 Å². The first-order valence-electron chi connectivity index (χ1n) is 7.31. The Balaban J connectivity index is 1.95. The number of hydrogen-bond donors (Lipinski definition) is 0. The highest BCUT2D eigenvalue weighted by Crippen LogP contribution is 2.26. The second-order valence-electron chi connectivity index (χ2n) is 5.65. The lowest BCUT2D eigenvalue weighted by Gasteiger charge is -2.17. The highest BCUT2D eigenvalue weighted by atomic mass is 35.5. The SMILES string of the molecule is CN(C)c1nc(N(C)C)n2c(SCc3ccc(Cl)cc3)nnc2n1. The maximum absolute atomic E-state index is 5.93. The van der Waals surface area contributed by atoms with E-state index in [1.807, 2.05) is 66.7 Å². The van der Waals surface area contributed by atoms with E-state index in [2.05, 4.69) is 20.2 Å². The molecule has 0 spiro atoms. The fourth-order valence-electron chi connectivity index (χ4n) is 2.09. The van der Waals surface area contributed by atoms with Gasteiger partial charge in [0.1, 0.15) is 0 Å². The minimum absolute atomic E-state index is 0.538. The van der Waals surface area contributed by atoms with Crippen LogP contribution in [0, 0.1) is 0 Å². The maximum Gasteiger partial charge on any atom is 0.261 e. The molecule has 0 aliphatic rings. The van der Waals surface area contributed by atoms with E-state index in [4.69, 9.17) is 11.6 Å². The van der Waals surface area contributed by atoms with Gasteiger partial charge in [-0.3, -0.25) is 0 Å². The fraction of sp³-hybridized carbons (Fsp3) is 0.333. The molecule has 0 bridgehead atoms. The average Bonchev–Trinajstić information content (AvgIpc) is 2.96. The molecule has 7 nitrogen and oxygen atoms in total. The van der Waals surface area contributed by atoms with Gasteiger partial charge in [0, 0.05) is 39.0 Å². The minimum atomic E-state index is 0.538. The summed E-state index contributed by atoms with van der Waals surface area (Å²) in [4.78, 5) is 12.8. The van der Waals surface area contributed by atoms with Gasteiger partial charge in [-0.1, -0.05) is 35.5 Å². The summed E-state index contributed by atoms with van der Waals surface area (Å²) in [6, 6.07) is 7.78. The Morgan fingerprint density at radius 2 is 1.71 bits per heavy atom. The predicted molar refractivity (Wildman–Crippen MR) is 98.2 cm³/mol. The molecule has 0 saturated heterocycles. The van der Waals surface area contributed by atoms with Crippen molar-refractivity contribution in [1.82, 2.24) is 24.6 Å². The molecular formula is C15H18ClN7S. The Morgan fingerprint density at radius 1 is 1.00 bits per heavy atom. The molecule has 0 atom stereocenters. The van der Waals surface area contributed by atoms with E-state index in [1.54, 1.807) is 11.8 Å². The lowest BCUT2D eigenvalue weighted by atomic mass is 10.2. The first-order chi connectivity index (χ1) is 11.5. The van der Waals surface area contributed by atoms with Gasteiger partial charge in [-0.25, -0.2) is 4.40 Å². The van der Waals surface area contributed by atoms with Crippen molar-refractivity contribution in [2.75, 3.05) is 38.0 Å². The van der Waals surface area contributed by atoms with E-state index in [1.165, 1.54) is 5.56 Å². The first-order valence-corrected chi connectivity index (χ1v) is 8.67. The summed E-state index contributed by atoms with van der Waals surface area (Å²) in [7, 11) is 7.68. The molecule has 0 radical (unpaired) electrons. The van der Waals surface area contributed by atoms with Crippen molar-refractivity contribution in [2.24, 2.45) is 0 Å². The largest absolute Gasteiger partial charge is 0.348 e. The Morgan fingerprint density at radius 3 is 2.33 bits per heavy atom. The van der Waals surface area contributed by atoms with Gasteiger partial charge in [-0.2, -0.15) is 9.97 Å². The topological polar surface area (TPSA) is 62.5 Å². The molecule has 126 valence electrons. The highest BCUT2D eigenvalue weighted by Gasteiger charge is 2.17. The molecule has 2 heterocycles. The lowest BCUT2D eigenvalue weighted by molar-refractivity contribution is 0.845. The van der Waals surface area contributed by atoms with Gasteiger partial charge in [0.2, 0.25) is 11.9 Å². The van der Waals surface area contributed by atoms with E-state index in [0.717, 1.165) is 21.9 Å². The van der Waals surface area contributed by atoms with Gasteiger partial charge in [-0.05, 0) is 17.7 Å². The fourth-order valence-corrected chi connectivity index (χ4v) is 3.09. The Bertz CT molecular complexity index is 845. The van der Waals surface area contributed by atoms with Crippen LogP contribution in [0.2, 0.25) is 5.02 Å². The number of aromatic nitrogens is 5. The molecule has 3 aromatic rings. The van der Waals surface area contributed by atoms with Gasteiger partial charge in [0.25, 0.3) is 5.78 Å². The van der Waals surface area contributed by atoms with Crippen LogP contribution in [0.3, 0.4) is 0 Å². The molecule has 0 saturated carbocycles. The zero-order valence-electron chi connectivity index (χ0n) is 13.9. The smallest absolute Gasteiger partial charge is 0.261 e. The molecule has 0 unspecified atom stereocenters. The van der Waals surface area contributed by atoms with Crippen molar-refractivity contribution in [3.63, 3.8) is 0 Å². The summed E-state index contributed by atoms with van der Waals surface area (Å²) in [5.41, 5.74) is 1.17. The number of anilines is 2. The molecule has 0 fully saturated rings. The minimum Gasteiger partial charge on any atom is -0.348 e. The summed E-state index contributed by atoms with van der Waals surface area (Å²) < 4.78 is 1.87. The third kappa shape index (κ3) is 3.39. The first kappa shape index (κ1) is 16.8. The summed E-state index contributed by atoms with van der Waals surface area (Å²) in [5.74, 6) is 2.65. The molecular weight excluding hydrogens is 346 g/mol. The summed E-state index contributed by atoms with van der Waals surface area (Å²) >= 11 is 7.51.